The number of anilines is 1. The third-order valence-corrected chi connectivity index (χ3v) is 3.06. The molecule has 1 aliphatic carbocycles. The molecule has 1 N–H and O–H groups in total. The maximum absolute atomic E-state index is 5.74. The molecule has 4 heteroatoms. The first-order valence-corrected chi connectivity index (χ1v) is 7.44. The molecule has 1 aromatic heterocycles. The molecule has 0 aromatic carbocycles. The molecule has 19 heavy (non-hydrogen) atoms. The van der Waals surface area contributed by atoms with Crippen molar-refractivity contribution < 1.29 is 4.74 Å². The number of aromatic nitrogens is 2. The largest absolute Gasteiger partial charge is 0.477 e. The van der Waals surface area contributed by atoms with Crippen LogP contribution >= 0.6 is 0 Å². The fraction of sp³-hybridized carbons (Fsp3) is 0.733. The Morgan fingerprint density at radius 1 is 1.37 bits per heavy atom. The molecule has 0 radical (unpaired) electrons. The van der Waals surface area contributed by atoms with Gasteiger partial charge in [0, 0.05) is 18.5 Å². The van der Waals surface area contributed by atoms with E-state index >= 15 is 0 Å². The van der Waals surface area contributed by atoms with Crippen LogP contribution in [0.15, 0.2) is 6.07 Å². The molecule has 0 unspecified atom stereocenters. The van der Waals surface area contributed by atoms with Crippen molar-refractivity contribution in [2.24, 2.45) is 5.92 Å². The Kier molecular flexibility index (Phi) is 5.00. The molecule has 1 aromatic rings. The van der Waals surface area contributed by atoms with E-state index in [-0.39, 0.29) is 0 Å². The standard InChI is InChI=1S/C15H25N3O/c1-4-5-8-16-13-9-14(19-10-11(2)3)18-15(17-13)12-6-7-12/h9,11-12H,4-8,10H2,1-3H3,(H,16,17,18). The summed E-state index contributed by atoms with van der Waals surface area (Å²) in [5.41, 5.74) is 0. The van der Waals surface area contributed by atoms with Crippen LogP contribution in [-0.4, -0.2) is 23.1 Å². The highest BCUT2D eigenvalue weighted by Crippen LogP contribution is 2.39. The van der Waals surface area contributed by atoms with E-state index in [1.54, 1.807) is 0 Å². The zero-order chi connectivity index (χ0) is 13.7. The second kappa shape index (κ2) is 6.73. The fourth-order valence-corrected chi connectivity index (χ4v) is 1.78. The van der Waals surface area contributed by atoms with E-state index in [0.717, 1.165) is 24.6 Å². The van der Waals surface area contributed by atoms with Crippen molar-refractivity contribution in [3.63, 3.8) is 0 Å². The minimum atomic E-state index is 0.510. The van der Waals surface area contributed by atoms with Crippen LogP contribution in [0, 0.1) is 5.92 Å². The van der Waals surface area contributed by atoms with Crippen LogP contribution in [0.4, 0.5) is 5.82 Å². The van der Waals surface area contributed by atoms with Crippen molar-refractivity contribution in [2.45, 2.75) is 52.4 Å². The zero-order valence-electron chi connectivity index (χ0n) is 12.3. The van der Waals surface area contributed by atoms with Gasteiger partial charge in [-0.05, 0) is 25.2 Å². The highest BCUT2D eigenvalue weighted by Gasteiger charge is 2.27. The van der Waals surface area contributed by atoms with E-state index < -0.39 is 0 Å². The van der Waals surface area contributed by atoms with Crippen molar-refractivity contribution in [1.29, 1.82) is 0 Å². The lowest BCUT2D eigenvalue weighted by atomic mass is 10.2. The minimum Gasteiger partial charge on any atom is -0.477 e. The van der Waals surface area contributed by atoms with Crippen LogP contribution < -0.4 is 10.1 Å². The van der Waals surface area contributed by atoms with Crippen molar-refractivity contribution >= 4 is 5.82 Å². The van der Waals surface area contributed by atoms with Gasteiger partial charge in [0.15, 0.2) is 0 Å². The van der Waals surface area contributed by atoms with Crippen molar-refractivity contribution in [3.05, 3.63) is 11.9 Å². The average Bonchev–Trinajstić information content (AvgIpc) is 3.21. The maximum atomic E-state index is 5.74. The number of nitrogens with one attached hydrogen (secondary N) is 1. The molecule has 1 aliphatic rings. The van der Waals surface area contributed by atoms with Gasteiger partial charge in [-0.3, -0.25) is 0 Å². The Morgan fingerprint density at radius 2 is 2.16 bits per heavy atom. The molecule has 106 valence electrons. The monoisotopic (exact) mass is 263 g/mol. The van der Waals surface area contributed by atoms with Crippen LogP contribution in [0.3, 0.4) is 0 Å². The van der Waals surface area contributed by atoms with Gasteiger partial charge in [0.25, 0.3) is 0 Å². The summed E-state index contributed by atoms with van der Waals surface area (Å²) >= 11 is 0. The summed E-state index contributed by atoms with van der Waals surface area (Å²) in [5.74, 6) is 3.62. The first kappa shape index (κ1) is 14.1. The van der Waals surface area contributed by atoms with E-state index in [1.807, 2.05) is 6.07 Å². The minimum absolute atomic E-state index is 0.510. The molecule has 1 heterocycles. The molecule has 1 saturated carbocycles. The van der Waals surface area contributed by atoms with Gasteiger partial charge in [0.2, 0.25) is 5.88 Å². The van der Waals surface area contributed by atoms with Gasteiger partial charge in [-0.1, -0.05) is 27.2 Å². The predicted molar refractivity (Wildman–Crippen MR) is 77.7 cm³/mol. The number of hydrogen-bond donors (Lipinski definition) is 1. The normalized spacial score (nSPS) is 14.7. The van der Waals surface area contributed by atoms with Gasteiger partial charge in [-0.2, -0.15) is 4.98 Å². The van der Waals surface area contributed by atoms with Crippen LogP contribution in [0.2, 0.25) is 0 Å². The topological polar surface area (TPSA) is 47.0 Å². The summed E-state index contributed by atoms with van der Waals surface area (Å²) in [6.45, 7) is 8.14. The quantitative estimate of drug-likeness (QED) is 0.728. The Balaban J connectivity index is 2.03. The Labute approximate surface area is 116 Å². The lowest BCUT2D eigenvalue weighted by molar-refractivity contribution is 0.260. The van der Waals surface area contributed by atoms with Crippen LogP contribution in [0.1, 0.15) is 58.2 Å². The van der Waals surface area contributed by atoms with Crippen LogP contribution in [0.25, 0.3) is 0 Å². The van der Waals surface area contributed by atoms with Gasteiger partial charge in [0.1, 0.15) is 11.6 Å². The third kappa shape index (κ3) is 4.69. The lowest BCUT2D eigenvalue weighted by Gasteiger charge is -2.11. The van der Waals surface area contributed by atoms with Crippen molar-refractivity contribution in [2.75, 3.05) is 18.5 Å². The number of hydrogen-bond acceptors (Lipinski definition) is 4. The lowest BCUT2D eigenvalue weighted by Crippen LogP contribution is -2.10. The van der Waals surface area contributed by atoms with Gasteiger partial charge in [0.05, 0.1) is 6.61 Å². The highest BCUT2D eigenvalue weighted by atomic mass is 16.5. The number of rotatable bonds is 8. The number of unbranched alkanes of at least 4 members (excludes halogenated alkanes) is 1. The summed E-state index contributed by atoms with van der Waals surface area (Å²) in [6.07, 6.45) is 4.76. The van der Waals surface area contributed by atoms with Crippen LogP contribution in [0.5, 0.6) is 5.88 Å². The maximum Gasteiger partial charge on any atom is 0.218 e. The SMILES string of the molecule is CCCCNc1cc(OCC(C)C)nc(C2CC2)n1. The second-order valence-corrected chi connectivity index (χ2v) is 5.71. The molecular formula is C15H25N3O. The predicted octanol–water partition coefficient (Wildman–Crippen LogP) is 3.60. The fourth-order valence-electron chi connectivity index (χ4n) is 1.78. The molecule has 0 aliphatic heterocycles. The van der Waals surface area contributed by atoms with Gasteiger partial charge < -0.3 is 10.1 Å². The van der Waals surface area contributed by atoms with Crippen molar-refractivity contribution in [3.8, 4) is 5.88 Å². The molecule has 1 fully saturated rings. The van der Waals surface area contributed by atoms with Crippen LogP contribution in [-0.2, 0) is 0 Å². The molecule has 4 nitrogen and oxygen atoms in total. The highest BCUT2D eigenvalue weighted by molar-refractivity contribution is 5.39. The molecule has 0 saturated heterocycles. The molecular weight excluding hydrogens is 238 g/mol. The molecule has 0 bridgehead atoms. The summed E-state index contributed by atoms with van der Waals surface area (Å²) in [4.78, 5) is 9.11. The first-order chi connectivity index (χ1) is 9.19. The van der Waals surface area contributed by atoms with E-state index in [9.17, 15) is 0 Å². The Hall–Kier alpha value is -1.32. The van der Waals surface area contributed by atoms with Gasteiger partial charge in [-0.15, -0.1) is 0 Å². The summed E-state index contributed by atoms with van der Waals surface area (Å²) < 4.78 is 5.74. The van der Waals surface area contributed by atoms with E-state index in [0.29, 0.717) is 24.3 Å². The first-order valence-electron chi connectivity index (χ1n) is 7.44. The molecule has 2 rings (SSSR count). The smallest absolute Gasteiger partial charge is 0.218 e. The average molecular weight is 263 g/mol. The zero-order valence-corrected chi connectivity index (χ0v) is 12.3. The second-order valence-electron chi connectivity index (χ2n) is 5.71. The summed E-state index contributed by atoms with van der Waals surface area (Å²) in [6, 6.07) is 1.92. The van der Waals surface area contributed by atoms with E-state index in [4.69, 9.17) is 4.74 Å². The van der Waals surface area contributed by atoms with E-state index in [2.05, 4.69) is 36.1 Å². The van der Waals surface area contributed by atoms with Gasteiger partial charge in [-0.25, -0.2) is 4.98 Å². The Morgan fingerprint density at radius 3 is 2.79 bits per heavy atom. The number of ether oxygens (including phenoxy) is 1. The molecule has 0 amide bonds. The van der Waals surface area contributed by atoms with Crippen molar-refractivity contribution in [1.82, 2.24) is 9.97 Å². The number of nitrogens with zero attached hydrogens (tertiary/aromatic N) is 2. The van der Waals surface area contributed by atoms with E-state index in [1.165, 1.54) is 19.3 Å². The summed E-state index contributed by atoms with van der Waals surface area (Å²) in [7, 11) is 0. The Bertz CT molecular complexity index is 402. The molecule has 0 spiro atoms. The van der Waals surface area contributed by atoms with Gasteiger partial charge >= 0.3 is 0 Å². The third-order valence-electron chi connectivity index (χ3n) is 3.06. The molecule has 0 atom stereocenters. The summed E-state index contributed by atoms with van der Waals surface area (Å²) in [5, 5.41) is 3.37.